The maximum absolute atomic E-state index is 2.55. The fourth-order valence-corrected chi connectivity index (χ4v) is 7.54. The second-order valence-corrected chi connectivity index (χ2v) is 9.32. The Bertz CT molecular complexity index is 458. The summed E-state index contributed by atoms with van der Waals surface area (Å²) >= 11 is -0.407. The number of halogens is 2. The SMILES string of the molecule is CCCC1=[C]([Zr+2][CH]2C=CC3=C2CCCC3)CC=C1.[Br-].[Br-]. The van der Waals surface area contributed by atoms with Gasteiger partial charge >= 0.3 is 123 Å². The largest absolute Gasteiger partial charge is 1.00 e. The average molecular weight is 477 g/mol. The van der Waals surface area contributed by atoms with Crippen LogP contribution in [-0.4, -0.2) is 0 Å². The van der Waals surface area contributed by atoms with Crippen molar-refractivity contribution in [1.29, 1.82) is 0 Å². The van der Waals surface area contributed by atoms with Crippen LogP contribution in [0, 0.1) is 0 Å². The summed E-state index contributed by atoms with van der Waals surface area (Å²) < 4.78 is 2.79. The van der Waals surface area contributed by atoms with Crippen LogP contribution in [0.15, 0.2) is 44.3 Å². The first kappa shape index (κ1) is 18.9. The van der Waals surface area contributed by atoms with Gasteiger partial charge in [0, 0.05) is 0 Å². The van der Waals surface area contributed by atoms with Crippen LogP contribution in [0.3, 0.4) is 0 Å². The summed E-state index contributed by atoms with van der Waals surface area (Å²) in [6, 6.07) is 0. The molecule has 0 fully saturated rings. The molecule has 0 heterocycles. The van der Waals surface area contributed by atoms with E-state index in [1.807, 2.05) is 8.85 Å². The Kier molecular flexibility index (Phi) is 8.54. The summed E-state index contributed by atoms with van der Waals surface area (Å²) in [5, 5.41) is 0. The number of rotatable bonds is 4. The molecule has 3 rings (SSSR count). The molecule has 0 saturated carbocycles. The van der Waals surface area contributed by atoms with E-state index < -0.39 is 23.2 Å². The van der Waals surface area contributed by atoms with E-state index in [4.69, 9.17) is 0 Å². The number of hydrogen-bond donors (Lipinski definition) is 0. The second-order valence-electron chi connectivity index (χ2n) is 5.60. The van der Waals surface area contributed by atoms with Crippen LogP contribution in [0.2, 0.25) is 3.63 Å². The molecule has 0 spiro atoms. The van der Waals surface area contributed by atoms with E-state index in [1.54, 1.807) is 11.1 Å². The Morgan fingerprint density at radius 3 is 2.75 bits per heavy atom. The van der Waals surface area contributed by atoms with Crippen molar-refractivity contribution in [2.45, 2.75) is 55.5 Å². The van der Waals surface area contributed by atoms with Crippen LogP contribution >= 0.6 is 0 Å². The van der Waals surface area contributed by atoms with Crippen molar-refractivity contribution >= 4 is 0 Å². The quantitative estimate of drug-likeness (QED) is 0.504. The molecule has 0 aliphatic heterocycles. The number of hydrogen-bond acceptors (Lipinski definition) is 0. The number of allylic oxidation sites excluding steroid dienone is 8. The minimum absolute atomic E-state index is 0. The van der Waals surface area contributed by atoms with Crippen LogP contribution in [0.4, 0.5) is 0 Å². The first-order valence-corrected chi connectivity index (χ1v) is 10.1. The first-order valence-electron chi connectivity index (χ1n) is 7.43. The molecule has 0 radical (unpaired) electrons. The van der Waals surface area contributed by atoms with Crippen LogP contribution in [0.25, 0.3) is 0 Å². The second kappa shape index (κ2) is 9.06. The van der Waals surface area contributed by atoms with Crippen LogP contribution in [0.5, 0.6) is 0 Å². The van der Waals surface area contributed by atoms with Crippen molar-refractivity contribution in [3.63, 3.8) is 0 Å². The Morgan fingerprint density at radius 1 is 1.15 bits per heavy atom. The molecular formula is C17H22Br2Zr. The molecule has 3 aliphatic rings. The molecule has 0 aromatic heterocycles. The van der Waals surface area contributed by atoms with Gasteiger partial charge in [0.2, 0.25) is 0 Å². The van der Waals surface area contributed by atoms with Gasteiger partial charge in [-0.25, -0.2) is 0 Å². The molecule has 1 atom stereocenters. The average Bonchev–Trinajstić information content (AvgIpc) is 2.99. The smallest absolute Gasteiger partial charge is 1.00 e. The summed E-state index contributed by atoms with van der Waals surface area (Å²) in [5.41, 5.74) is 5.28. The predicted octanol–water partition coefficient (Wildman–Crippen LogP) is -0.680. The van der Waals surface area contributed by atoms with E-state index >= 15 is 0 Å². The van der Waals surface area contributed by atoms with Crippen molar-refractivity contribution in [3.8, 4) is 0 Å². The molecule has 3 aliphatic carbocycles. The van der Waals surface area contributed by atoms with Crippen LogP contribution in [0.1, 0.15) is 51.9 Å². The van der Waals surface area contributed by atoms with Crippen LogP contribution in [-0.2, 0) is 23.2 Å². The van der Waals surface area contributed by atoms with Gasteiger partial charge in [0.25, 0.3) is 0 Å². The van der Waals surface area contributed by atoms with E-state index in [2.05, 4.69) is 31.2 Å². The van der Waals surface area contributed by atoms with Gasteiger partial charge in [0.15, 0.2) is 0 Å². The van der Waals surface area contributed by atoms with E-state index in [0.717, 1.165) is 3.63 Å². The summed E-state index contributed by atoms with van der Waals surface area (Å²) in [7, 11) is 0. The van der Waals surface area contributed by atoms with Crippen molar-refractivity contribution < 1.29 is 57.2 Å². The van der Waals surface area contributed by atoms with Gasteiger partial charge in [-0.05, 0) is 0 Å². The molecule has 3 heteroatoms. The van der Waals surface area contributed by atoms with Crippen molar-refractivity contribution in [3.05, 3.63) is 44.3 Å². The van der Waals surface area contributed by atoms with Crippen molar-refractivity contribution in [2.24, 2.45) is 0 Å². The minimum Gasteiger partial charge on any atom is -1.00 e. The normalized spacial score (nSPS) is 23.4. The molecule has 20 heavy (non-hydrogen) atoms. The predicted molar refractivity (Wildman–Crippen MR) is 74.1 cm³/mol. The van der Waals surface area contributed by atoms with Gasteiger partial charge in [0.1, 0.15) is 0 Å². The Labute approximate surface area is 156 Å². The molecule has 0 bridgehead atoms. The fourth-order valence-electron chi connectivity index (χ4n) is 3.35. The molecule has 0 nitrogen and oxygen atoms in total. The third-order valence-corrected chi connectivity index (χ3v) is 8.54. The zero-order valence-corrected chi connectivity index (χ0v) is 17.7. The van der Waals surface area contributed by atoms with Crippen molar-refractivity contribution in [2.75, 3.05) is 0 Å². The zero-order chi connectivity index (χ0) is 12.4. The monoisotopic (exact) mass is 474 g/mol. The van der Waals surface area contributed by atoms with E-state index in [-0.39, 0.29) is 34.0 Å². The third kappa shape index (κ3) is 4.17. The molecule has 0 aromatic carbocycles. The Balaban J connectivity index is 0.000001000. The van der Waals surface area contributed by atoms with E-state index in [1.165, 1.54) is 44.9 Å². The first-order chi connectivity index (χ1) is 8.88. The van der Waals surface area contributed by atoms with Gasteiger partial charge in [-0.2, -0.15) is 0 Å². The molecular weight excluding hydrogens is 455 g/mol. The molecule has 0 N–H and O–H groups in total. The summed E-state index contributed by atoms with van der Waals surface area (Å²) in [6.45, 7) is 2.30. The molecule has 108 valence electrons. The maximum atomic E-state index is 2.55. The van der Waals surface area contributed by atoms with Gasteiger partial charge < -0.3 is 34.0 Å². The summed E-state index contributed by atoms with van der Waals surface area (Å²) in [4.78, 5) is 0. The summed E-state index contributed by atoms with van der Waals surface area (Å²) in [5.74, 6) is 0. The standard InChI is InChI=1S/C9H11.C8H11.2BrH.Zr/c1-2-5-9-7-3-6-8(9)4-1;1-2-5-8-6-3-4-7-8;;;/h3,6-7H,1-2,4-5H2;3,6H,2,4-5H2,1H3;2*1H;/q;;;;+2/p-2. The van der Waals surface area contributed by atoms with Gasteiger partial charge in [-0.1, -0.05) is 0 Å². The van der Waals surface area contributed by atoms with Crippen molar-refractivity contribution in [1.82, 2.24) is 0 Å². The summed E-state index contributed by atoms with van der Waals surface area (Å²) in [6.07, 6.45) is 19.4. The topological polar surface area (TPSA) is 0 Å². The van der Waals surface area contributed by atoms with Gasteiger partial charge in [-0.3, -0.25) is 0 Å². The third-order valence-electron chi connectivity index (χ3n) is 4.30. The van der Waals surface area contributed by atoms with Gasteiger partial charge in [-0.15, -0.1) is 0 Å². The molecule has 0 amide bonds. The minimum atomic E-state index is -0.407. The van der Waals surface area contributed by atoms with E-state index in [0.29, 0.717) is 0 Å². The molecule has 1 unspecified atom stereocenters. The maximum Gasteiger partial charge on any atom is -1.00 e. The van der Waals surface area contributed by atoms with E-state index in [9.17, 15) is 0 Å². The van der Waals surface area contributed by atoms with Gasteiger partial charge in [0.05, 0.1) is 0 Å². The zero-order valence-electron chi connectivity index (χ0n) is 12.1. The Hall–Kier alpha value is 0.803. The Morgan fingerprint density at radius 2 is 1.95 bits per heavy atom. The molecule has 0 aromatic rings. The fraction of sp³-hybridized carbons (Fsp3) is 0.529. The molecule has 0 saturated heterocycles. The van der Waals surface area contributed by atoms with Crippen LogP contribution < -0.4 is 34.0 Å².